The van der Waals surface area contributed by atoms with E-state index in [0.29, 0.717) is 0 Å². The normalized spacial score (nSPS) is 10.6. The van der Waals surface area contributed by atoms with Crippen LogP contribution in [-0.4, -0.2) is 28.7 Å². The Hall–Kier alpha value is -0.870. The van der Waals surface area contributed by atoms with Crippen molar-refractivity contribution in [2.24, 2.45) is 0 Å². The number of rotatable bonds is 0. The van der Waals surface area contributed by atoms with Gasteiger partial charge in [-0.15, -0.1) is 0 Å². The molecule has 0 amide bonds. The van der Waals surface area contributed by atoms with Gasteiger partial charge in [0.2, 0.25) is 0 Å². The average Bonchev–Trinajstić information content (AvgIpc) is 2.59. The van der Waals surface area contributed by atoms with Crippen molar-refractivity contribution in [3.8, 4) is 0 Å². The van der Waals surface area contributed by atoms with Gasteiger partial charge in [-0.05, 0) is 36.5 Å². The molecule has 0 N–H and O–H groups in total. The summed E-state index contributed by atoms with van der Waals surface area (Å²) in [4.78, 5) is 1.93. The third kappa shape index (κ3) is 1.92. The lowest BCUT2D eigenvalue weighted by atomic mass is 10.2. The fourth-order valence-corrected chi connectivity index (χ4v) is 2.03. The Balaban J connectivity index is 2.59. The first-order valence-corrected chi connectivity index (χ1v) is 5.78. The zero-order valence-electron chi connectivity index (χ0n) is 8.57. The zero-order chi connectivity index (χ0) is 11.0. The maximum atomic E-state index is 5.34. The number of hydrogen-bond acceptors (Lipinski definition) is 1. The summed E-state index contributed by atoms with van der Waals surface area (Å²) in [6.07, 6.45) is 2.00. The lowest BCUT2D eigenvalue weighted by molar-refractivity contribution is 0.614. The molecule has 15 heavy (non-hydrogen) atoms. The second kappa shape index (κ2) is 3.94. The van der Waals surface area contributed by atoms with E-state index in [0.717, 1.165) is 15.1 Å². The van der Waals surface area contributed by atoms with E-state index in [2.05, 4.69) is 34.1 Å². The Kier molecular flexibility index (Phi) is 2.80. The van der Waals surface area contributed by atoms with Gasteiger partial charge in [0.05, 0.1) is 5.52 Å². The van der Waals surface area contributed by atoms with Crippen LogP contribution >= 0.6 is 28.1 Å². The molecule has 0 aliphatic carbocycles. The zero-order valence-corrected chi connectivity index (χ0v) is 11.0. The van der Waals surface area contributed by atoms with Crippen LogP contribution in [0, 0.1) is 0 Å². The van der Waals surface area contributed by atoms with Gasteiger partial charge in [0.25, 0.3) is 0 Å². The summed E-state index contributed by atoms with van der Waals surface area (Å²) in [5.74, 6) is 0. The molecule has 0 saturated heterocycles. The van der Waals surface area contributed by atoms with Crippen LogP contribution in [0.25, 0.3) is 10.9 Å². The van der Waals surface area contributed by atoms with Gasteiger partial charge in [0.15, 0.2) is 5.11 Å². The molecule has 0 fully saturated rings. The highest BCUT2D eigenvalue weighted by Crippen LogP contribution is 2.21. The van der Waals surface area contributed by atoms with Crippen molar-refractivity contribution in [2.75, 3.05) is 14.1 Å². The monoisotopic (exact) mass is 282 g/mol. The largest absolute Gasteiger partial charge is 0.355 e. The van der Waals surface area contributed by atoms with Crippen LogP contribution in [-0.2, 0) is 0 Å². The quantitative estimate of drug-likeness (QED) is 0.686. The average molecular weight is 283 g/mol. The summed E-state index contributed by atoms with van der Waals surface area (Å²) >= 11 is 8.79. The summed E-state index contributed by atoms with van der Waals surface area (Å²) in [6.45, 7) is 0. The molecule has 0 spiro atoms. The van der Waals surface area contributed by atoms with Crippen molar-refractivity contribution in [1.29, 1.82) is 0 Å². The molecule has 0 aliphatic rings. The number of aromatic nitrogens is 1. The second-order valence-electron chi connectivity index (χ2n) is 3.57. The third-order valence-electron chi connectivity index (χ3n) is 2.24. The summed E-state index contributed by atoms with van der Waals surface area (Å²) in [5, 5.41) is 1.99. The Morgan fingerprint density at radius 1 is 1.33 bits per heavy atom. The predicted octanol–water partition coefficient (Wildman–Crippen LogP) is 3.10. The Labute approximate surface area is 103 Å². The van der Waals surface area contributed by atoms with Gasteiger partial charge < -0.3 is 4.90 Å². The van der Waals surface area contributed by atoms with Gasteiger partial charge in [0, 0.05) is 30.2 Å². The Morgan fingerprint density at radius 3 is 2.73 bits per heavy atom. The highest BCUT2D eigenvalue weighted by molar-refractivity contribution is 9.10. The van der Waals surface area contributed by atoms with Gasteiger partial charge in [-0.1, -0.05) is 15.9 Å². The molecule has 0 radical (unpaired) electrons. The van der Waals surface area contributed by atoms with E-state index in [4.69, 9.17) is 12.2 Å². The molecule has 0 unspecified atom stereocenters. The summed E-state index contributed by atoms with van der Waals surface area (Å²) < 4.78 is 3.10. The van der Waals surface area contributed by atoms with Crippen molar-refractivity contribution in [3.63, 3.8) is 0 Å². The lowest BCUT2D eigenvalue weighted by Crippen LogP contribution is -2.26. The predicted molar refractivity (Wildman–Crippen MR) is 71.3 cm³/mol. The van der Waals surface area contributed by atoms with Gasteiger partial charge in [-0.2, -0.15) is 0 Å². The van der Waals surface area contributed by atoms with E-state index in [1.54, 1.807) is 0 Å². The van der Waals surface area contributed by atoms with Crippen LogP contribution in [0.15, 0.2) is 34.9 Å². The van der Waals surface area contributed by atoms with Crippen molar-refractivity contribution < 1.29 is 0 Å². The minimum Gasteiger partial charge on any atom is -0.355 e. The van der Waals surface area contributed by atoms with Gasteiger partial charge in [-0.25, -0.2) is 0 Å². The molecule has 1 aromatic carbocycles. The van der Waals surface area contributed by atoms with Crippen molar-refractivity contribution in [3.05, 3.63) is 34.9 Å². The van der Waals surface area contributed by atoms with E-state index in [-0.39, 0.29) is 0 Å². The number of hydrogen-bond donors (Lipinski definition) is 0. The van der Waals surface area contributed by atoms with Gasteiger partial charge >= 0.3 is 0 Å². The maximum Gasteiger partial charge on any atom is 0.179 e. The molecule has 0 saturated carbocycles. The molecule has 2 rings (SSSR count). The first-order valence-electron chi connectivity index (χ1n) is 4.58. The standard InChI is InChI=1S/C11H11BrN2S/c1-13(2)11(15)14-6-5-8-7-9(12)3-4-10(8)14/h3-7H,1-2H3. The van der Waals surface area contributed by atoms with E-state index in [1.807, 2.05) is 35.8 Å². The molecule has 0 atom stereocenters. The van der Waals surface area contributed by atoms with Crippen molar-refractivity contribution in [2.45, 2.75) is 0 Å². The molecular weight excluding hydrogens is 272 g/mol. The van der Waals surface area contributed by atoms with Crippen molar-refractivity contribution in [1.82, 2.24) is 9.47 Å². The number of thiocarbonyl (C=S) groups is 1. The molecule has 2 nitrogen and oxygen atoms in total. The molecule has 1 aromatic heterocycles. The molecule has 0 bridgehead atoms. The second-order valence-corrected chi connectivity index (χ2v) is 4.85. The highest BCUT2D eigenvalue weighted by atomic mass is 79.9. The minimum absolute atomic E-state index is 0.798. The van der Waals surface area contributed by atoms with E-state index < -0.39 is 0 Å². The Bertz CT molecular complexity index is 516. The maximum absolute atomic E-state index is 5.34. The number of fused-ring (bicyclic) bond motifs is 1. The van der Waals surface area contributed by atoms with Crippen LogP contribution < -0.4 is 0 Å². The van der Waals surface area contributed by atoms with Gasteiger partial charge in [0.1, 0.15) is 0 Å². The van der Waals surface area contributed by atoms with Crippen LogP contribution in [0.5, 0.6) is 0 Å². The number of nitrogens with zero attached hydrogens (tertiary/aromatic N) is 2. The summed E-state index contributed by atoms with van der Waals surface area (Å²) in [7, 11) is 3.90. The fourth-order valence-electron chi connectivity index (χ4n) is 1.50. The van der Waals surface area contributed by atoms with Crippen LogP contribution in [0.4, 0.5) is 0 Å². The summed E-state index contributed by atoms with van der Waals surface area (Å²) in [5.41, 5.74) is 1.14. The Morgan fingerprint density at radius 2 is 2.07 bits per heavy atom. The smallest absolute Gasteiger partial charge is 0.179 e. The molecule has 1 heterocycles. The first-order chi connectivity index (χ1) is 7.09. The molecule has 0 aliphatic heterocycles. The summed E-state index contributed by atoms with van der Waals surface area (Å²) in [6, 6.07) is 8.24. The van der Waals surface area contributed by atoms with Crippen molar-refractivity contribution >= 4 is 44.2 Å². The van der Waals surface area contributed by atoms with Crippen LogP contribution in [0.2, 0.25) is 0 Å². The first kappa shape index (κ1) is 10.6. The number of halogens is 1. The topological polar surface area (TPSA) is 8.17 Å². The lowest BCUT2D eigenvalue weighted by Gasteiger charge is -2.15. The van der Waals surface area contributed by atoms with Crippen LogP contribution in [0.1, 0.15) is 0 Å². The van der Waals surface area contributed by atoms with E-state index in [9.17, 15) is 0 Å². The number of benzene rings is 1. The van der Waals surface area contributed by atoms with E-state index in [1.165, 1.54) is 5.39 Å². The molecule has 78 valence electrons. The minimum atomic E-state index is 0.798. The molecule has 2 aromatic rings. The van der Waals surface area contributed by atoms with E-state index >= 15 is 0 Å². The SMILES string of the molecule is CN(C)C(=S)n1ccc2cc(Br)ccc21. The van der Waals surface area contributed by atoms with Gasteiger partial charge in [-0.3, -0.25) is 4.57 Å². The van der Waals surface area contributed by atoms with Crippen LogP contribution in [0.3, 0.4) is 0 Å². The molecule has 4 heteroatoms. The fraction of sp³-hybridized carbons (Fsp3) is 0.182. The molecular formula is C11H11BrN2S. The third-order valence-corrected chi connectivity index (χ3v) is 3.30. The highest BCUT2D eigenvalue weighted by Gasteiger charge is 2.06.